The van der Waals surface area contributed by atoms with Crippen LogP contribution in [0.25, 0.3) is 0 Å². The fraction of sp³-hybridized carbons (Fsp3) is 0.455. The molecule has 0 spiro atoms. The smallest absolute Gasteiger partial charge is 0.119 e. The van der Waals surface area contributed by atoms with E-state index in [9.17, 15) is 5.11 Å². The predicted molar refractivity (Wildman–Crippen MR) is 52.3 cm³/mol. The highest BCUT2D eigenvalue weighted by atomic mass is 16.6. The molecule has 1 N–H and O–H groups in total. The van der Waals surface area contributed by atoms with Crippen LogP contribution in [-0.2, 0) is 4.74 Å². The highest BCUT2D eigenvalue weighted by molar-refractivity contribution is 5.29. The van der Waals surface area contributed by atoms with Crippen LogP contribution in [0.4, 0.5) is 0 Å². The standard InChI is InChI=1S/C11H14O3/c1-13-9-4-2-3-8(5-9)11(12)6-10-7-14-10/h2-5,10-12H,6-7H2,1H3. The lowest BCUT2D eigenvalue weighted by Crippen LogP contribution is -2.01. The van der Waals surface area contributed by atoms with Crippen LogP contribution in [0.1, 0.15) is 18.1 Å². The van der Waals surface area contributed by atoms with Gasteiger partial charge in [-0.1, -0.05) is 12.1 Å². The second-order valence-corrected chi connectivity index (χ2v) is 3.48. The van der Waals surface area contributed by atoms with Gasteiger partial charge in [-0.25, -0.2) is 0 Å². The Balaban J connectivity index is 2.05. The minimum absolute atomic E-state index is 0.246. The van der Waals surface area contributed by atoms with Gasteiger partial charge in [-0.2, -0.15) is 0 Å². The van der Waals surface area contributed by atoms with Crippen LogP contribution in [0, 0.1) is 0 Å². The molecule has 1 aromatic rings. The predicted octanol–water partition coefficient (Wildman–Crippen LogP) is 1.52. The molecule has 3 nitrogen and oxygen atoms in total. The molecule has 14 heavy (non-hydrogen) atoms. The Morgan fingerprint density at radius 3 is 3.07 bits per heavy atom. The quantitative estimate of drug-likeness (QED) is 0.739. The molecule has 3 heteroatoms. The SMILES string of the molecule is COc1cccc(C(O)CC2CO2)c1. The molecular weight excluding hydrogens is 180 g/mol. The third-order valence-corrected chi connectivity index (χ3v) is 2.37. The highest BCUT2D eigenvalue weighted by Crippen LogP contribution is 2.27. The van der Waals surface area contributed by atoms with E-state index in [1.54, 1.807) is 7.11 Å². The molecule has 0 bridgehead atoms. The van der Waals surface area contributed by atoms with Crippen molar-refractivity contribution in [2.75, 3.05) is 13.7 Å². The maximum atomic E-state index is 9.82. The number of hydrogen-bond acceptors (Lipinski definition) is 3. The van der Waals surface area contributed by atoms with Crippen molar-refractivity contribution in [3.05, 3.63) is 29.8 Å². The zero-order chi connectivity index (χ0) is 9.97. The van der Waals surface area contributed by atoms with Crippen LogP contribution < -0.4 is 4.74 Å². The molecule has 2 atom stereocenters. The van der Waals surface area contributed by atoms with Crippen LogP contribution in [0.15, 0.2) is 24.3 Å². The molecule has 2 rings (SSSR count). The van der Waals surface area contributed by atoms with E-state index in [1.807, 2.05) is 24.3 Å². The number of aliphatic hydroxyl groups excluding tert-OH is 1. The van der Waals surface area contributed by atoms with Gasteiger partial charge in [-0.05, 0) is 17.7 Å². The van der Waals surface area contributed by atoms with E-state index in [2.05, 4.69) is 0 Å². The first-order valence-electron chi connectivity index (χ1n) is 4.73. The highest BCUT2D eigenvalue weighted by Gasteiger charge is 2.26. The molecule has 1 heterocycles. The van der Waals surface area contributed by atoms with Crippen molar-refractivity contribution in [3.8, 4) is 5.75 Å². The fourth-order valence-corrected chi connectivity index (χ4v) is 1.44. The molecule has 1 fully saturated rings. The van der Waals surface area contributed by atoms with Gasteiger partial charge in [-0.3, -0.25) is 0 Å². The van der Waals surface area contributed by atoms with Crippen LogP contribution >= 0.6 is 0 Å². The molecule has 0 saturated carbocycles. The van der Waals surface area contributed by atoms with Crippen molar-refractivity contribution in [2.24, 2.45) is 0 Å². The van der Waals surface area contributed by atoms with Gasteiger partial charge in [0.25, 0.3) is 0 Å². The minimum atomic E-state index is -0.447. The van der Waals surface area contributed by atoms with Crippen LogP contribution in [0.3, 0.4) is 0 Å². The average molecular weight is 194 g/mol. The molecule has 0 aromatic heterocycles. The Morgan fingerprint density at radius 1 is 1.64 bits per heavy atom. The van der Waals surface area contributed by atoms with E-state index >= 15 is 0 Å². The van der Waals surface area contributed by atoms with Gasteiger partial charge in [0.05, 0.1) is 25.9 Å². The van der Waals surface area contributed by atoms with Crippen molar-refractivity contribution >= 4 is 0 Å². The monoisotopic (exact) mass is 194 g/mol. The van der Waals surface area contributed by atoms with E-state index in [-0.39, 0.29) is 6.10 Å². The molecule has 2 unspecified atom stereocenters. The number of epoxide rings is 1. The van der Waals surface area contributed by atoms with Gasteiger partial charge in [0.1, 0.15) is 5.75 Å². The van der Waals surface area contributed by atoms with Gasteiger partial charge >= 0.3 is 0 Å². The van der Waals surface area contributed by atoms with E-state index in [1.165, 1.54) is 0 Å². The zero-order valence-corrected chi connectivity index (χ0v) is 8.14. The summed E-state index contributed by atoms with van der Waals surface area (Å²) in [5.74, 6) is 0.776. The third-order valence-electron chi connectivity index (χ3n) is 2.37. The van der Waals surface area contributed by atoms with Crippen molar-refractivity contribution in [3.63, 3.8) is 0 Å². The molecule has 0 radical (unpaired) electrons. The van der Waals surface area contributed by atoms with Crippen molar-refractivity contribution in [1.82, 2.24) is 0 Å². The summed E-state index contributed by atoms with van der Waals surface area (Å²) in [6.45, 7) is 0.779. The number of rotatable bonds is 4. The van der Waals surface area contributed by atoms with Gasteiger partial charge in [0.2, 0.25) is 0 Å². The Kier molecular flexibility index (Phi) is 2.70. The first-order valence-corrected chi connectivity index (χ1v) is 4.73. The van der Waals surface area contributed by atoms with Crippen molar-refractivity contribution in [1.29, 1.82) is 0 Å². The third kappa shape index (κ3) is 2.25. The summed E-state index contributed by atoms with van der Waals surface area (Å²) < 4.78 is 10.1. The second-order valence-electron chi connectivity index (χ2n) is 3.48. The first kappa shape index (κ1) is 9.49. The molecule has 0 aliphatic carbocycles. The summed E-state index contributed by atoms with van der Waals surface area (Å²) in [6, 6.07) is 7.50. The normalized spacial score (nSPS) is 21.7. The van der Waals surface area contributed by atoms with Gasteiger partial charge in [0.15, 0.2) is 0 Å². The number of hydrogen-bond donors (Lipinski definition) is 1. The van der Waals surface area contributed by atoms with Crippen molar-refractivity contribution in [2.45, 2.75) is 18.6 Å². The first-order chi connectivity index (χ1) is 6.79. The Labute approximate surface area is 83.3 Å². The largest absolute Gasteiger partial charge is 0.497 e. The number of methoxy groups -OCH3 is 1. The lowest BCUT2D eigenvalue weighted by Gasteiger charge is -2.10. The Bertz CT molecular complexity index is 307. The summed E-state index contributed by atoms with van der Waals surface area (Å²) in [4.78, 5) is 0. The number of aliphatic hydroxyl groups is 1. The molecule has 76 valence electrons. The average Bonchev–Trinajstić information content (AvgIpc) is 3.02. The van der Waals surface area contributed by atoms with Gasteiger partial charge < -0.3 is 14.6 Å². The summed E-state index contributed by atoms with van der Waals surface area (Å²) >= 11 is 0. The topological polar surface area (TPSA) is 42.0 Å². The Morgan fingerprint density at radius 2 is 2.43 bits per heavy atom. The molecule has 0 amide bonds. The summed E-state index contributed by atoms with van der Waals surface area (Å²) in [6.07, 6.45) is 0.474. The van der Waals surface area contributed by atoms with Crippen LogP contribution in [0.5, 0.6) is 5.75 Å². The molecule has 1 aromatic carbocycles. The van der Waals surface area contributed by atoms with Crippen LogP contribution in [-0.4, -0.2) is 24.9 Å². The number of benzene rings is 1. The second kappa shape index (κ2) is 3.98. The van der Waals surface area contributed by atoms with Gasteiger partial charge in [0, 0.05) is 6.42 Å². The zero-order valence-electron chi connectivity index (χ0n) is 8.14. The lowest BCUT2D eigenvalue weighted by molar-refractivity contribution is 0.154. The molecular formula is C11H14O3. The maximum absolute atomic E-state index is 9.82. The van der Waals surface area contributed by atoms with Gasteiger partial charge in [-0.15, -0.1) is 0 Å². The van der Waals surface area contributed by atoms with E-state index in [0.29, 0.717) is 6.42 Å². The van der Waals surface area contributed by atoms with Crippen molar-refractivity contribution < 1.29 is 14.6 Å². The van der Waals surface area contributed by atoms with E-state index < -0.39 is 6.10 Å². The molecule has 1 saturated heterocycles. The molecule has 1 aliphatic heterocycles. The van der Waals surface area contributed by atoms with E-state index in [0.717, 1.165) is 17.9 Å². The Hall–Kier alpha value is -1.06. The maximum Gasteiger partial charge on any atom is 0.119 e. The van der Waals surface area contributed by atoms with Crippen LogP contribution in [0.2, 0.25) is 0 Å². The summed E-state index contributed by atoms with van der Waals surface area (Å²) in [7, 11) is 1.62. The summed E-state index contributed by atoms with van der Waals surface area (Å²) in [5, 5.41) is 9.82. The fourth-order valence-electron chi connectivity index (χ4n) is 1.44. The van der Waals surface area contributed by atoms with E-state index in [4.69, 9.17) is 9.47 Å². The summed E-state index contributed by atoms with van der Waals surface area (Å²) in [5.41, 5.74) is 0.889. The lowest BCUT2D eigenvalue weighted by atomic mass is 10.1. The number of ether oxygens (including phenoxy) is 2. The minimum Gasteiger partial charge on any atom is -0.497 e. The molecule has 1 aliphatic rings.